The first-order chi connectivity index (χ1) is 9.13. The van der Waals surface area contributed by atoms with Crippen LogP contribution in [0.15, 0.2) is 11.7 Å². The molecule has 2 heterocycles. The van der Waals surface area contributed by atoms with E-state index in [1.54, 1.807) is 35.5 Å². The van der Waals surface area contributed by atoms with Crippen molar-refractivity contribution in [2.75, 3.05) is 26.8 Å². The van der Waals surface area contributed by atoms with Gasteiger partial charge in [0.05, 0.1) is 25.2 Å². The Balaban J connectivity index is 2.03. The van der Waals surface area contributed by atoms with Crippen molar-refractivity contribution in [2.45, 2.75) is 19.5 Å². The van der Waals surface area contributed by atoms with E-state index in [4.69, 9.17) is 4.74 Å². The highest BCUT2D eigenvalue weighted by molar-refractivity contribution is 7.09. The molecule has 1 fully saturated rings. The molecule has 0 aromatic carbocycles. The normalized spacial score (nSPS) is 20.2. The molecule has 19 heavy (non-hydrogen) atoms. The van der Waals surface area contributed by atoms with E-state index in [9.17, 15) is 9.59 Å². The second-order valence-corrected chi connectivity index (χ2v) is 5.39. The van der Waals surface area contributed by atoms with E-state index >= 15 is 0 Å². The summed E-state index contributed by atoms with van der Waals surface area (Å²) in [6, 6.07) is -0.430. The summed E-state index contributed by atoms with van der Waals surface area (Å²) in [6.45, 7) is 3.25. The summed E-state index contributed by atoms with van der Waals surface area (Å²) in [5.41, 5.74) is 1.72. The molecule has 2 rings (SSSR count). The van der Waals surface area contributed by atoms with Crippen LogP contribution in [0.3, 0.4) is 0 Å². The van der Waals surface area contributed by atoms with Crippen LogP contribution in [-0.4, -0.2) is 59.4 Å². The smallest absolute Gasteiger partial charge is 0.245 e. The molecule has 0 unspecified atom stereocenters. The molecule has 1 atom stereocenters. The van der Waals surface area contributed by atoms with Gasteiger partial charge in [0.15, 0.2) is 0 Å². The Morgan fingerprint density at radius 1 is 1.53 bits per heavy atom. The molecule has 1 aliphatic heterocycles. The van der Waals surface area contributed by atoms with Gasteiger partial charge in [0.2, 0.25) is 11.8 Å². The molecule has 7 heteroatoms. The van der Waals surface area contributed by atoms with E-state index in [1.165, 1.54) is 11.3 Å². The van der Waals surface area contributed by atoms with Gasteiger partial charge in [-0.3, -0.25) is 14.6 Å². The van der Waals surface area contributed by atoms with Crippen LogP contribution in [0.25, 0.3) is 0 Å². The van der Waals surface area contributed by atoms with Crippen molar-refractivity contribution < 1.29 is 14.3 Å². The van der Waals surface area contributed by atoms with Gasteiger partial charge in [0.1, 0.15) is 6.04 Å². The van der Waals surface area contributed by atoms with E-state index in [-0.39, 0.29) is 18.4 Å². The van der Waals surface area contributed by atoms with Crippen molar-refractivity contribution in [1.29, 1.82) is 0 Å². The zero-order valence-corrected chi connectivity index (χ0v) is 11.9. The number of rotatable bonds is 5. The SMILES string of the molecule is COCCN1CC(=O)N(Cc2cncs2)[C@@H](C)C1=O. The van der Waals surface area contributed by atoms with Crippen LogP contribution in [-0.2, 0) is 20.9 Å². The van der Waals surface area contributed by atoms with Crippen LogP contribution in [0, 0.1) is 0 Å². The number of thiazole rings is 1. The molecule has 0 saturated carbocycles. The number of ether oxygens (including phenoxy) is 1. The summed E-state index contributed by atoms with van der Waals surface area (Å²) in [4.78, 5) is 32.4. The van der Waals surface area contributed by atoms with E-state index in [0.29, 0.717) is 19.7 Å². The third kappa shape index (κ3) is 3.10. The summed E-state index contributed by atoms with van der Waals surface area (Å²) in [5.74, 6) is -0.0576. The van der Waals surface area contributed by atoms with Gasteiger partial charge in [0, 0.05) is 24.7 Å². The molecule has 2 amide bonds. The predicted molar refractivity (Wildman–Crippen MR) is 70.6 cm³/mol. The third-order valence-corrected chi connectivity index (χ3v) is 3.92. The number of carbonyl (C=O) groups excluding carboxylic acids is 2. The Labute approximate surface area is 116 Å². The number of piperazine rings is 1. The largest absolute Gasteiger partial charge is 0.383 e. The fourth-order valence-corrected chi connectivity index (χ4v) is 2.64. The zero-order chi connectivity index (χ0) is 13.8. The lowest BCUT2D eigenvalue weighted by Gasteiger charge is -2.38. The van der Waals surface area contributed by atoms with Gasteiger partial charge in [-0.25, -0.2) is 0 Å². The highest BCUT2D eigenvalue weighted by Crippen LogP contribution is 2.17. The van der Waals surface area contributed by atoms with Crippen LogP contribution in [0.4, 0.5) is 0 Å². The molecule has 104 valence electrons. The fraction of sp³-hybridized carbons (Fsp3) is 0.583. The van der Waals surface area contributed by atoms with Crippen molar-refractivity contribution in [3.63, 3.8) is 0 Å². The van der Waals surface area contributed by atoms with Crippen molar-refractivity contribution in [3.05, 3.63) is 16.6 Å². The first kappa shape index (κ1) is 14.0. The van der Waals surface area contributed by atoms with E-state index in [1.807, 2.05) is 0 Å². The molecule has 1 aromatic heterocycles. The lowest BCUT2D eigenvalue weighted by Crippen LogP contribution is -2.58. The van der Waals surface area contributed by atoms with Gasteiger partial charge in [-0.05, 0) is 6.92 Å². The number of amides is 2. The van der Waals surface area contributed by atoms with Crippen molar-refractivity contribution in [1.82, 2.24) is 14.8 Å². The molecule has 0 N–H and O–H groups in total. The molecular formula is C12H17N3O3S. The average Bonchev–Trinajstić information content (AvgIpc) is 2.90. The van der Waals surface area contributed by atoms with Gasteiger partial charge >= 0.3 is 0 Å². The second-order valence-electron chi connectivity index (χ2n) is 4.42. The molecule has 0 bridgehead atoms. The van der Waals surface area contributed by atoms with E-state index in [0.717, 1.165) is 4.88 Å². The van der Waals surface area contributed by atoms with E-state index < -0.39 is 6.04 Å². The van der Waals surface area contributed by atoms with E-state index in [2.05, 4.69) is 4.98 Å². The molecule has 0 aliphatic carbocycles. The summed E-state index contributed by atoms with van der Waals surface area (Å²) >= 11 is 1.49. The highest BCUT2D eigenvalue weighted by Gasteiger charge is 2.36. The predicted octanol–water partition coefficient (Wildman–Crippen LogP) is 0.349. The minimum absolute atomic E-state index is 0.0267. The Bertz CT molecular complexity index is 449. The van der Waals surface area contributed by atoms with Gasteiger partial charge in [-0.1, -0.05) is 0 Å². The lowest BCUT2D eigenvalue weighted by atomic mass is 10.1. The average molecular weight is 283 g/mol. The number of hydrogen-bond donors (Lipinski definition) is 0. The molecule has 1 saturated heterocycles. The van der Waals surface area contributed by atoms with Crippen LogP contribution in [0.1, 0.15) is 11.8 Å². The molecule has 0 radical (unpaired) electrons. The standard InChI is InChI=1S/C12H17N3O3S/c1-9-12(17)14(3-4-18-2)7-11(16)15(9)6-10-5-13-8-19-10/h5,8-9H,3-4,6-7H2,1-2H3/t9-/m0/s1. The maximum Gasteiger partial charge on any atom is 0.245 e. The van der Waals surface area contributed by atoms with Gasteiger partial charge in [-0.2, -0.15) is 0 Å². The Kier molecular flexibility index (Phi) is 4.49. The van der Waals surface area contributed by atoms with Gasteiger partial charge in [0.25, 0.3) is 0 Å². The Morgan fingerprint density at radius 3 is 2.95 bits per heavy atom. The summed E-state index contributed by atoms with van der Waals surface area (Å²) in [6.07, 6.45) is 1.73. The summed E-state index contributed by atoms with van der Waals surface area (Å²) in [5, 5.41) is 0. The summed E-state index contributed by atoms with van der Waals surface area (Å²) in [7, 11) is 1.58. The van der Waals surface area contributed by atoms with Gasteiger partial charge < -0.3 is 14.5 Å². The minimum Gasteiger partial charge on any atom is -0.383 e. The Morgan fingerprint density at radius 2 is 2.32 bits per heavy atom. The highest BCUT2D eigenvalue weighted by atomic mass is 32.1. The van der Waals surface area contributed by atoms with Crippen LogP contribution in [0.2, 0.25) is 0 Å². The third-order valence-electron chi connectivity index (χ3n) is 3.16. The van der Waals surface area contributed by atoms with Gasteiger partial charge in [-0.15, -0.1) is 11.3 Å². The number of methoxy groups -OCH3 is 1. The van der Waals surface area contributed by atoms with Crippen LogP contribution >= 0.6 is 11.3 Å². The van der Waals surface area contributed by atoms with Crippen molar-refractivity contribution in [3.8, 4) is 0 Å². The monoisotopic (exact) mass is 283 g/mol. The number of nitrogens with zero attached hydrogens (tertiary/aromatic N) is 3. The first-order valence-corrected chi connectivity index (χ1v) is 6.96. The van der Waals surface area contributed by atoms with Crippen molar-refractivity contribution in [2.24, 2.45) is 0 Å². The number of aromatic nitrogens is 1. The molecule has 1 aliphatic rings. The molecular weight excluding hydrogens is 266 g/mol. The lowest BCUT2D eigenvalue weighted by molar-refractivity contribution is -0.156. The van der Waals surface area contributed by atoms with Crippen LogP contribution < -0.4 is 0 Å². The Hall–Kier alpha value is -1.47. The number of hydrogen-bond acceptors (Lipinski definition) is 5. The number of carbonyl (C=O) groups is 2. The topological polar surface area (TPSA) is 62.7 Å². The zero-order valence-electron chi connectivity index (χ0n) is 11.0. The maximum atomic E-state index is 12.2. The quantitative estimate of drug-likeness (QED) is 0.782. The second kappa shape index (κ2) is 6.12. The molecule has 0 spiro atoms. The van der Waals surface area contributed by atoms with Crippen LogP contribution in [0.5, 0.6) is 0 Å². The molecule has 1 aromatic rings. The summed E-state index contributed by atoms with van der Waals surface area (Å²) < 4.78 is 4.95. The fourth-order valence-electron chi connectivity index (χ4n) is 2.05. The molecule has 6 nitrogen and oxygen atoms in total. The minimum atomic E-state index is -0.430. The van der Waals surface area contributed by atoms with Crippen molar-refractivity contribution >= 4 is 23.2 Å². The maximum absolute atomic E-state index is 12.2. The first-order valence-electron chi connectivity index (χ1n) is 6.08.